The van der Waals surface area contributed by atoms with Crippen molar-refractivity contribution in [2.24, 2.45) is 5.10 Å². The van der Waals surface area contributed by atoms with Crippen LogP contribution in [0.3, 0.4) is 0 Å². The van der Waals surface area contributed by atoms with E-state index in [9.17, 15) is 9.59 Å². The van der Waals surface area contributed by atoms with E-state index in [4.69, 9.17) is 16.3 Å². The Hall–Kier alpha value is -4.99. The number of carbonyl (C=O) groups is 2. The Bertz CT molecular complexity index is 1700. The summed E-state index contributed by atoms with van der Waals surface area (Å²) in [5.41, 5.74) is 8.01. The molecule has 0 bridgehead atoms. The molecule has 0 fully saturated rings. The van der Waals surface area contributed by atoms with Gasteiger partial charge in [-0.2, -0.15) is 5.10 Å². The number of anilines is 3. The van der Waals surface area contributed by atoms with Gasteiger partial charge in [0.25, 0.3) is 11.8 Å². The van der Waals surface area contributed by atoms with Crippen molar-refractivity contribution < 1.29 is 14.3 Å². The highest BCUT2D eigenvalue weighted by Gasteiger charge is 2.09. The van der Waals surface area contributed by atoms with E-state index >= 15 is 0 Å². The van der Waals surface area contributed by atoms with Gasteiger partial charge in [0, 0.05) is 32.9 Å². The van der Waals surface area contributed by atoms with Crippen LogP contribution in [0.15, 0.2) is 108 Å². The van der Waals surface area contributed by atoms with Gasteiger partial charge in [-0.15, -0.1) is 11.3 Å². The van der Waals surface area contributed by atoms with Gasteiger partial charge in [0.05, 0.1) is 11.9 Å². The molecule has 1 aromatic heterocycles. The van der Waals surface area contributed by atoms with Crippen molar-refractivity contribution in [3.05, 3.63) is 124 Å². The molecule has 5 aromatic rings. The minimum Gasteiger partial charge on any atom is -0.484 e. The fourth-order valence-electron chi connectivity index (χ4n) is 3.80. The maximum Gasteiger partial charge on any atom is 0.271 e. The lowest BCUT2D eigenvalue weighted by molar-refractivity contribution is -0.118. The predicted octanol–water partition coefficient (Wildman–Crippen LogP) is 7.30. The second-order valence-electron chi connectivity index (χ2n) is 9.18. The molecule has 0 saturated heterocycles. The summed E-state index contributed by atoms with van der Waals surface area (Å²) in [6.45, 7) is 1.74. The quantitative estimate of drug-likeness (QED) is 0.116. The molecule has 0 radical (unpaired) electrons. The van der Waals surface area contributed by atoms with Gasteiger partial charge >= 0.3 is 0 Å². The molecular weight excluding hydrogens is 570 g/mol. The third kappa shape index (κ3) is 7.81. The standard InChI is InChI=1S/C32H26ClN5O3S/c1-21-7-14-26(17-28(21)33)35-30(39)19-41-27-15-8-22(9-16-27)18-34-38-31(40)24-12-10-23(11-13-24)29-20-42-32(37-29)36-25-5-3-2-4-6-25/h2-18,20H,19H2,1H3,(H,35,39)(H,36,37)(H,38,40)/b34-18+. The number of halogens is 1. The largest absolute Gasteiger partial charge is 0.484 e. The SMILES string of the molecule is Cc1ccc(NC(=O)COc2ccc(/C=N/NC(=O)c3ccc(-c4csc(Nc5ccccc5)n4)cc3)cc2)cc1Cl. The van der Waals surface area contributed by atoms with Crippen molar-refractivity contribution in [3.8, 4) is 17.0 Å². The summed E-state index contributed by atoms with van der Waals surface area (Å²) in [5, 5.41) is 13.4. The molecular formula is C32H26ClN5O3S. The maximum absolute atomic E-state index is 12.5. The highest BCUT2D eigenvalue weighted by atomic mass is 35.5. The van der Waals surface area contributed by atoms with E-state index in [-0.39, 0.29) is 18.4 Å². The van der Waals surface area contributed by atoms with Gasteiger partial charge in [0.1, 0.15) is 5.75 Å². The number of thiazole rings is 1. The van der Waals surface area contributed by atoms with Crippen molar-refractivity contribution in [2.75, 3.05) is 17.2 Å². The number of hydrazone groups is 1. The Kier molecular flexibility index (Phi) is 9.23. The molecule has 4 aromatic carbocycles. The lowest BCUT2D eigenvalue weighted by Crippen LogP contribution is -2.20. The summed E-state index contributed by atoms with van der Waals surface area (Å²) in [7, 11) is 0. The number of rotatable bonds is 10. The van der Waals surface area contributed by atoms with Gasteiger partial charge in [0.15, 0.2) is 11.7 Å². The zero-order valence-electron chi connectivity index (χ0n) is 22.5. The summed E-state index contributed by atoms with van der Waals surface area (Å²) in [6, 6.07) is 29.3. The average molecular weight is 596 g/mol. The van der Waals surface area contributed by atoms with Crippen LogP contribution >= 0.6 is 22.9 Å². The molecule has 5 rings (SSSR count). The Morgan fingerprint density at radius 3 is 2.45 bits per heavy atom. The normalized spacial score (nSPS) is 10.8. The van der Waals surface area contributed by atoms with E-state index < -0.39 is 0 Å². The van der Waals surface area contributed by atoms with Crippen LogP contribution in [0, 0.1) is 6.92 Å². The summed E-state index contributed by atoms with van der Waals surface area (Å²) >= 11 is 7.61. The second kappa shape index (κ2) is 13.6. The highest BCUT2D eigenvalue weighted by Crippen LogP contribution is 2.27. The molecule has 0 aliphatic rings. The zero-order chi connectivity index (χ0) is 29.3. The number of hydrogen-bond donors (Lipinski definition) is 3. The Balaban J connectivity index is 1.08. The zero-order valence-corrected chi connectivity index (χ0v) is 24.1. The summed E-state index contributed by atoms with van der Waals surface area (Å²) in [5.74, 6) is -0.104. The number of carbonyl (C=O) groups excluding carboxylic acids is 2. The Labute approximate surface area is 252 Å². The molecule has 0 atom stereocenters. The number of nitrogens with one attached hydrogen (secondary N) is 3. The summed E-state index contributed by atoms with van der Waals surface area (Å²) in [4.78, 5) is 29.4. The van der Waals surface area contributed by atoms with Crippen LogP contribution in [0.1, 0.15) is 21.5 Å². The van der Waals surface area contributed by atoms with Crippen LogP contribution in [-0.4, -0.2) is 29.6 Å². The van der Waals surface area contributed by atoms with E-state index in [0.717, 1.165) is 33.2 Å². The smallest absolute Gasteiger partial charge is 0.271 e. The summed E-state index contributed by atoms with van der Waals surface area (Å²) < 4.78 is 5.55. The van der Waals surface area contributed by atoms with Crippen LogP contribution in [-0.2, 0) is 4.79 Å². The van der Waals surface area contributed by atoms with Crippen molar-refractivity contribution in [2.45, 2.75) is 6.92 Å². The number of aromatic nitrogens is 1. The predicted molar refractivity (Wildman–Crippen MR) is 169 cm³/mol. The number of ether oxygens (including phenoxy) is 1. The lowest BCUT2D eigenvalue weighted by Gasteiger charge is -2.08. The topological polar surface area (TPSA) is 105 Å². The first kappa shape index (κ1) is 28.5. The van der Waals surface area contributed by atoms with Gasteiger partial charge in [0.2, 0.25) is 0 Å². The van der Waals surface area contributed by atoms with Crippen molar-refractivity contribution in [1.29, 1.82) is 0 Å². The van der Waals surface area contributed by atoms with Crippen LogP contribution in [0.4, 0.5) is 16.5 Å². The molecule has 42 heavy (non-hydrogen) atoms. The molecule has 10 heteroatoms. The molecule has 0 saturated carbocycles. The third-order valence-electron chi connectivity index (χ3n) is 6.06. The maximum atomic E-state index is 12.5. The number of hydrogen-bond acceptors (Lipinski definition) is 7. The van der Waals surface area contributed by atoms with Gasteiger partial charge in [-0.05, 0) is 78.7 Å². The molecule has 2 amide bonds. The van der Waals surface area contributed by atoms with Gasteiger partial charge in [-0.1, -0.05) is 48.0 Å². The van der Waals surface area contributed by atoms with E-state index in [2.05, 4.69) is 26.1 Å². The third-order valence-corrected chi connectivity index (χ3v) is 7.22. The molecule has 0 spiro atoms. The number of amides is 2. The number of nitrogens with zero attached hydrogens (tertiary/aromatic N) is 2. The first-order valence-electron chi connectivity index (χ1n) is 12.9. The van der Waals surface area contributed by atoms with Crippen molar-refractivity contribution in [3.63, 3.8) is 0 Å². The Morgan fingerprint density at radius 1 is 0.952 bits per heavy atom. The first-order valence-corrected chi connectivity index (χ1v) is 14.2. The van der Waals surface area contributed by atoms with Gasteiger partial charge in [-0.25, -0.2) is 10.4 Å². The fraction of sp³-hybridized carbons (Fsp3) is 0.0625. The monoisotopic (exact) mass is 595 g/mol. The molecule has 3 N–H and O–H groups in total. The van der Waals surface area contributed by atoms with Crippen molar-refractivity contribution >= 4 is 57.5 Å². The lowest BCUT2D eigenvalue weighted by atomic mass is 10.1. The fourth-order valence-corrected chi connectivity index (χ4v) is 4.72. The van der Waals surface area contributed by atoms with E-state index in [1.165, 1.54) is 17.6 Å². The second-order valence-corrected chi connectivity index (χ2v) is 10.4. The first-order chi connectivity index (χ1) is 20.4. The van der Waals surface area contributed by atoms with E-state index in [1.807, 2.05) is 60.8 Å². The minimum absolute atomic E-state index is 0.151. The van der Waals surface area contributed by atoms with Crippen LogP contribution < -0.4 is 20.8 Å². The van der Waals surface area contributed by atoms with Gasteiger partial charge < -0.3 is 15.4 Å². The molecule has 8 nitrogen and oxygen atoms in total. The number of benzene rings is 4. The van der Waals surface area contributed by atoms with E-state index in [1.54, 1.807) is 48.5 Å². The van der Waals surface area contributed by atoms with Crippen LogP contribution in [0.5, 0.6) is 5.75 Å². The molecule has 0 unspecified atom stereocenters. The van der Waals surface area contributed by atoms with Crippen LogP contribution in [0.25, 0.3) is 11.3 Å². The average Bonchev–Trinajstić information content (AvgIpc) is 3.47. The number of para-hydroxylation sites is 1. The molecule has 0 aliphatic carbocycles. The Morgan fingerprint density at radius 2 is 1.71 bits per heavy atom. The molecule has 0 aliphatic heterocycles. The summed E-state index contributed by atoms with van der Waals surface area (Å²) in [6.07, 6.45) is 1.53. The van der Waals surface area contributed by atoms with E-state index in [0.29, 0.717) is 22.0 Å². The molecule has 1 heterocycles. The number of aryl methyl sites for hydroxylation is 1. The van der Waals surface area contributed by atoms with Gasteiger partial charge in [-0.3, -0.25) is 9.59 Å². The molecule has 210 valence electrons. The van der Waals surface area contributed by atoms with Crippen LogP contribution in [0.2, 0.25) is 5.02 Å². The highest BCUT2D eigenvalue weighted by molar-refractivity contribution is 7.14. The minimum atomic E-state index is -0.330. The van der Waals surface area contributed by atoms with Crippen molar-refractivity contribution in [1.82, 2.24) is 10.4 Å².